The predicted octanol–water partition coefficient (Wildman–Crippen LogP) is 0.866. The van der Waals surface area contributed by atoms with Crippen LogP contribution in [0.4, 0.5) is 0 Å². The van der Waals surface area contributed by atoms with Crippen LogP contribution in [0.2, 0.25) is 0 Å². The van der Waals surface area contributed by atoms with Crippen LogP contribution >= 0.6 is 0 Å². The van der Waals surface area contributed by atoms with Gasteiger partial charge in [-0.3, -0.25) is 4.79 Å². The van der Waals surface area contributed by atoms with E-state index in [1.165, 1.54) is 6.20 Å². The Hall–Kier alpha value is -1.21. The summed E-state index contributed by atoms with van der Waals surface area (Å²) in [4.78, 5) is 18.3. The molecule has 2 N–H and O–H groups in total. The molecule has 0 radical (unpaired) electrons. The molecular weight excluding hydrogens is 254 g/mol. The van der Waals surface area contributed by atoms with Crippen molar-refractivity contribution in [3.63, 3.8) is 0 Å². The molecule has 1 aromatic heterocycles. The predicted molar refractivity (Wildman–Crippen MR) is 67.6 cm³/mol. The summed E-state index contributed by atoms with van der Waals surface area (Å²) in [5, 5.41) is -0.0129. The van der Waals surface area contributed by atoms with Gasteiger partial charge in [-0.15, -0.1) is 0 Å². The van der Waals surface area contributed by atoms with Gasteiger partial charge < -0.3 is 4.98 Å². The number of carbonyl (C=O) groups is 1. The van der Waals surface area contributed by atoms with Crippen LogP contribution in [0, 0.1) is 5.41 Å². The molecule has 6 nitrogen and oxygen atoms in total. The first kappa shape index (κ1) is 14.8. The van der Waals surface area contributed by atoms with E-state index in [-0.39, 0.29) is 17.4 Å². The molecule has 7 heteroatoms. The van der Waals surface area contributed by atoms with Crippen LogP contribution < -0.4 is 4.72 Å². The summed E-state index contributed by atoms with van der Waals surface area (Å²) >= 11 is 0. The number of sulfonamides is 1. The maximum absolute atomic E-state index is 11.9. The van der Waals surface area contributed by atoms with Crippen molar-refractivity contribution in [3.05, 3.63) is 12.0 Å². The number of aromatic amines is 1. The SMILES string of the molecule is CCc1ncc(S(=O)(=O)NCC(=O)C(C)(C)C)[nH]1. The number of hydrogen-bond donors (Lipinski definition) is 2. The lowest BCUT2D eigenvalue weighted by Crippen LogP contribution is -2.35. The molecule has 0 atom stereocenters. The number of hydrogen-bond acceptors (Lipinski definition) is 4. The number of nitrogens with zero attached hydrogens (tertiary/aromatic N) is 1. The Bertz CT molecular complexity index is 526. The molecule has 1 heterocycles. The third-order valence-corrected chi connectivity index (χ3v) is 3.80. The van der Waals surface area contributed by atoms with Gasteiger partial charge in [0.05, 0.1) is 12.7 Å². The molecule has 0 fully saturated rings. The zero-order chi connectivity index (χ0) is 14.0. The van der Waals surface area contributed by atoms with Crippen LogP contribution in [0.15, 0.2) is 11.2 Å². The molecule has 18 heavy (non-hydrogen) atoms. The summed E-state index contributed by atoms with van der Waals surface area (Å²) in [5.41, 5.74) is -0.564. The quantitative estimate of drug-likeness (QED) is 0.832. The number of Topliss-reactive ketones (excluding diaryl/α,β-unsaturated/α-hetero) is 1. The van der Waals surface area contributed by atoms with E-state index in [0.717, 1.165) is 0 Å². The third kappa shape index (κ3) is 3.64. The lowest BCUT2D eigenvalue weighted by Gasteiger charge is -2.16. The molecule has 0 aliphatic heterocycles. The molecule has 0 saturated carbocycles. The Morgan fingerprint density at radius 3 is 2.50 bits per heavy atom. The first-order valence-corrected chi connectivity index (χ1v) is 7.22. The monoisotopic (exact) mass is 273 g/mol. The zero-order valence-corrected chi connectivity index (χ0v) is 11.9. The average molecular weight is 273 g/mol. The summed E-state index contributed by atoms with van der Waals surface area (Å²) in [6.07, 6.45) is 1.87. The summed E-state index contributed by atoms with van der Waals surface area (Å²) in [5.74, 6) is 0.429. The number of rotatable bonds is 5. The van der Waals surface area contributed by atoms with E-state index < -0.39 is 15.4 Å². The maximum Gasteiger partial charge on any atom is 0.258 e. The fourth-order valence-electron chi connectivity index (χ4n) is 1.16. The number of aromatic nitrogens is 2. The summed E-state index contributed by atoms with van der Waals surface area (Å²) in [6, 6.07) is 0. The largest absolute Gasteiger partial charge is 0.332 e. The van der Waals surface area contributed by atoms with E-state index in [1.54, 1.807) is 20.8 Å². The Balaban J connectivity index is 2.75. The van der Waals surface area contributed by atoms with Gasteiger partial charge in [0, 0.05) is 11.8 Å². The van der Waals surface area contributed by atoms with Crippen LogP contribution in [0.3, 0.4) is 0 Å². The molecule has 0 saturated heterocycles. The maximum atomic E-state index is 11.9. The van der Waals surface area contributed by atoms with E-state index in [4.69, 9.17) is 0 Å². The second-order valence-corrected chi connectivity index (χ2v) is 6.78. The van der Waals surface area contributed by atoms with Gasteiger partial charge in [0.1, 0.15) is 5.82 Å². The van der Waals surface area contributed by atoms with Crippen LogP contribution in [0.25, 0.3) is 0 Å². The summed E-state index contributed by atoms with van der Waals surface area (Å²) in [6.45, 7) is 6.89. The lowest BCUT2D eigenvalue weighted by molar-refractivity contribution is -0.125. The first-order valence-electron chi connectivity index (χ1n) is 5.73. The van der Waals surface area contributed by atoms with Gasteiger partial charge in [-0.2, -0.15) is 0 Å². The number of aryl methyl sites for hydroxylation is 1. The minimum Gasteiger partial charge on any atom is -0.332 e. The molecule has 1 aromatic rings. The highest BCUT2D eigenvalue weighted by atomic mass is 32.2. The number of imidazole rings is 1. The number of ketones is 1. The minimum absolute atomic E-state index is 0.0129. The third-order valence-electron chi connectivity index (χ3n) is 2.49. The normalized spacial score (nSPS) is 12.7. The number of H-pyrrole nitrogens is 1. The first-order chi connectivity index (χ1) is 8.16. The van der Waals surface area contributed by atoms with Crippen molar-refractivity contribution in [2.75, 3.05) is 6.54 Å². The van der Waals surface area contributed by atoms with Crippen molar-refractivity contribution in [3.8, 4) is 0 Å². The van der Waals surface area contributed by atoms with Crippen molar-refractivity contribution in [2.24, 2.45) is 5.41 Å². The molecule has 0 aliphatic rings. The molecule has 1 rings (SSSR count). The fraction of sp³-hybridized carbons (Fsp3) is 0.636. The molecular formula is C11H19N3O3S. The average Bonchev–Trinajstić information content (AvgIpc) is 2.73. The molecule has 102 valence electrons. The van der Waals surface area contributed by atoms with Crippen molar-refractivity contribution in [1.29, 1.82) is 0 Å². The van der Waals surface area contributed by atoms with Crippen molar-refractivity contribution >= 4 is 15.8 Å². The summed E-state index contributed by atoms with van der Waals surface area (Å²) < 4.78 is 26.0. The molecule has 0 amide bonds. The van der Waals surface area contributed by atoms with Crippen LogP contribution in [0.1, 0.15) is 33.5 Å². The van der Waals surface area contributed by atoms with Gasteiger partial charge >= 0.3 is 0 Å². The Morgan fingerprint density at radius 1 is 1.44 bits per heavy atom. The van der Waals surface area contributed by atoms with Crippen LogP contribution in [-0.4, -0.2) is 30.7 Å². The molecule has 0 unspecified atom stereocenters. The second kappa shape index (κ2) is 5.19. The number of carbonyl (C=O) groups excluding carboxylic acids is 1. The summed E-state index contributed by atoms with van der Waals surface area (Å²) in [7, 11) is -3.69. The standard InChI is InChI=1S/C11H19N3O3S/c1-5-9-12-7-10(14-9)18(16,17)13-6-8(15)11(2,3)4/h7,13H,5-6H2,1-4H3,(H,12,14). The number of nitrogens with one attached hydrogen (secondary N) is 2. The molecule has 0 spiro atoms. The highest BCUT2D eigenvalue weighted by Gasteiger charge is 2.24. The van der Waals surface area contributed by atoms with Crippen molar-refractivity contribution in [2.45, 2.75) is 39.1 Å². The second-order valence-electron chi connectivity index (χ2n) is 5.05. The fourth-order valence-corrected chi connectivity index (χ4v) is 2.08. The Kier molecular flexibility index (Phi) is 4.28. The minimum atomic E-state index is -3.69. The Labute approximate surface area is 107 Å². The van der Waals surface area contributed by atoms with E-state index in [1.807, 2.05) is 6.92 Å². The van der Waals surface area contributed by atoms with Gasteiger partial charge in [-0.1, -0.05) is 27.7 Å². The van der Waals surface area contributed by atoms with Gasteiger partial charge in [-0.25, -0.2) is 18.1 Å². The van der Waals surface area contributed by atoms with Gasteiger partial charge in [0.25, 0.3) is 10.0 Å². The van der Waals surface area contributed by atoms with E-state index in [2.05, 4.69) is 14.7 Å². The van der Waals surface area contributed by atoms with Crippen molar-refractivity contribution < 1.29 is 13.2 Å². The molecule has 0 aromatic carbocycles. The Morgan fingerprint density at radius 2 is 2.06 bits per heavy atom. The van der Waals surface area contributed by atoms with Gasteiger partial charge in [-0.05, 0) is 0 Å². The van der Waals surface area contributed by atoms with Gasteiger partial charge in [0.15, 0.2) is 10.8 Å². The van der Waals surface area contributed by atoms with E-state index >= 15 is 0 Å². The molecule has 0 bridgehead atoms. The van der Waals surface area contributed by atoms with Crippen LogP contribution in [-0.2, 0) is 21.2 Å². The topological polar surface area (TPSA) is 91.9 Å². The molecule has 0 aliphatic carbocycles. The van der Waals surface area contributed by atoms with Gasteiger partial charge in [0.2, 0.25) is 0 Å². The lowest BCUT2D eigenvalue weighted by atomic mass is 9.91. The van der Waals surface area contributed by atoms with E-state index in [0.29, 0.717) is 12.2 Å². The van der Waals surface area contributed by atoms with Crippen LogP contribution in [0.5, 0.6) is 0 Å². The van der Waals surface area contributed by atoms with Crippen molar-refractivity contribution in [1.82, 2.24) is 14.7 Å². The smallest absolute Gasteiger partial charge is 0.258 e. The highest BCUT2D eigenvalue weighted by Crippen LogP contribution is 2.14. The zero-order valence-electron chi connectivity index (χ0n) is 11.1. The van der Waals surface area contributed by atoms with E-state index in [9.17, 15) is 13.2 Å². The highest BCUT2D eigenvalue weighted by molar-refractivity contribution is 7.89.